The number of hydrogen-bond acceptors (Lipinski definition) is 2. The Kier molecular flexibility index (Phi) is 5.37. The molecule has 0 saturated carbocycles. The van der Waals surface area contributed by atoms with Gasteiger partial charge in [-0.1, -0.05) is 41.9 Å². The summed E-state index contributed by atoms with van der Waals surface area (Å²) in [6.07, 6.45) is 0.869. The molecule has 3 N–H and O–H groups in total. The molecule has 2 aromatic rings. The van der Waals surface area contributed by atoms with Crippen molar-refractivity contribution in [2.45, 2.75) is 19.9 Å². The second-order valence-corrected chi connectivity index (χ2v) is 5.36. The van der Waals surface area contributed by atoms with Crippen LogP contribution in [0.4, 0.5) is 0 Å². The maximum absolute atomic E-state index is 12.2. The number of hydrogen-bond donors (Lipinski definition) is 2. The molecule has 0 aliphatic rings. The highest BCUT2D eigenvalue weighted by molar-refractivity contribution is 6.31. The third kappa shape index (κ3) is 4.06. The first-order valence-corrected chi connectivity index (χ1v) is 7.31. The number of halogens is 1. The van der Waals surface area contributed by atoms with Gasteiger partial charge in [-0.3, -0.25) is 4.79 Å². The first kappa shape index (κ1) is 15.5. The molecule has 0 atom stereocenters. The Morgan fingerprint density at radius 3 is 2.48 bits per heavy atom. The molecule has 0 aliphatic heterocycles. The third-order valence-corrected chi connectivity index (χ3v) is 3.83. The number of carbonyl (C=O) groups excluding carboxylic acids is 1. The van der Waals surface area contributed by atoms with Crippen LogP contribution in [0.2, 0.25) is 5.02 Å². The second kappa shape index (κ2) is 7.25. The van der Waals surface area contributed by atoms with Crippen molar-refractivity contribution in [3.05, 3.63) is 69.7 Å². The van der Waals surface area contributed by atoms with E-state index in [1.165, 1.54) is 5.56 Å². The van der Waals surface area contributed by atoms with E-state index < -0.39 is 0 Å². The number of nitrogens with two attached hydrogens (primary N) is 1. The summed E-state index contributed by atoms with van der Waals surface area (Å²) in [4.78, 5) is 12.2. The van der Waals surface area contributed by atoms with Crippen LogP contribution in [-0.2, 0) is 13.0 Å². The normalized spacial score (nSPS) is 10.4. The van der Waals surface area contributed by atoms with Crippen LogP contribution in [-0.4, -0.2) is 12.5 Å². The van der Waals surface area contributed by atoms with E-state index in [0.29, 0.717) is 23.7 Å². The van der Waals surface area contributed by atoms with Gasteiger partial charge in [-0.15, -0.1) is 0 Å². The van der Waals surface area contributed by atoms with Crippen LogP contribution in [0.15, 0.2) is 42.5 Å². The predicted molar refractivity (Wildman–Crippen MR) is 86.6 cm³/mol. The predicted octanol–water partition coefficient (Wildman–Crippen LogP) is 3.08. The fourth-order valence-corrected chi connectivity index (χ4v) is 2.30. The molecule has 0 unspecified atom stereocenters. The molecule has 0 fully saturated rings. The molecule has 2 rings (SSSR count). The smallest absolute Gasteiger partial charge is 0.251 e. The molecule has 0 saturated heterocycles. The summed E-state index contributed by atoms with van der Waals surface area (Å²) in [5, 5.41) is 3.52. The number of nitrogens with one attached hydrogen (secondary N) is 1. The van der Waals surface area contributed by atoms with Crippen molar-refractivity contribution in [3.63, 3.8) is 0 Å². The van der Waals surface area contributed by atoms with Gasteiger partial charge in [0, 0.05) is 17.1 Å². The number of carbonyl (C=O) groups is 1. The van der Waals surface area contributed by atoms with Crippen LogP contribution in [0.25, 0.3) is 0 Å². The molecule has 0 spiro atoms. The van der Waals surface area contributed by atoms with E-state index in [4.69, 9.17) is 17.3 Å². The maximum Gasteiger partial charge on any atom is 0.251 e. The minimum atomic E-state index is -0.110. The Morgan fingerprint density at radius 2 is 1.81 bits per heavy atom. The highest BCUT2D eigenvalue weighted by Gasteiger charge is 2.10. The van der Waals surface area contributed by atoms with Crippen molar-refractivity contribution >= 4 is 17.5 Å². The van der Waals surface area contributed by atoms with Gasteiger partial charge in [0.2, 0.25) is 0 Å². The zero-order valence-electron chi connectivity index (χ0n) is 12.0. The summed E-state index contributed by atoms with van der Waals surface area (Å²) in [5.41, 5.74) is 9.20. The Morgan fingerprint density at radius 1 is 1.14 bits per heavy atom. The number of rotatable bonds is 5. The molecule has 0 aromatic heterocycles. The fraction of sp³-hybridized carbons (Fsp3) is 0.235. The van der Waals surface area contributed by atoms with E-state index in [-0.39, 0.29) is 5.91 Å². The van der Waals surface area contributed by atoms with Crippen molar-refractivity contribution in [1.29, 1.82) is 0 Å². The first-order chi connectivity index (χ1) is 10.1. The SMILES string of the molecule is Cc1c(Cl)cccc1C(=O)NCc1ccc(CCN)cc1. The average Bonchev–Trinajstić information content (AvgIpc) is 2.49. The summed E-state index contributed by atoms with van der Waals surface area (Å²) in [6.45, 7) is 2.98. The Labute approximate surface area is 130 Å². The lowest BCUT2D eigenvalue weighted by molar-refractivity contribution is 0.0950. The lowest BCUT2D eigenvalue weighted by Gasteiger charge is -2.09. The summed E-state index contributed by atoms with van der Waals surface area (Å²) in [7, 11) is 0. The summed E-state index contributed by atoms with van der Waals surface area (Å²) in [5.74, 6) is -0.110. The Balaban J connectivity index is 1.99. The van der Waals surface area contributed by atoms with Crippen molar-refractivity contribution in [1.82, 2.24) is 5.32 Å². The molecule has 0 bridgehead atoms. The van der Waals surface area contributed by atoms with Crippen LogP contribution in [0.1, 0.15) is 27.0 Å². The van der Waals surface area contributed by atoms with E-state index in [1.54, 1.807) is 18.2 Å². The van der Waals surface area contributed by atoms with Crippen LogP contribution in [0.5, 0.6) is 0 Å². The summed E-state index contributed by atoms with van der Waals surface area (Å²) >= 11 is 6.03. The van der Waals surface area contributed by atoms with E-state index in [0.717, 1.165) is 17.5 Å². The maximum atomic E-state index is 12.2. The lowest BCUT2D eigenvalue weighted by atomic mass is 10.1. The van der Waals surface area contributed by atoms with Crippen LogP contribution < -0.4 is 11.1 Å². The van der Waals surface area contributed by atoms with Crippen molar-refractivity contribution in [3.8, 4) is 0 Å². The van der Waals surface area contributed by atoms with Gasteiger partial charge in [-0.05, 0) is 48.7 Å². The zero-order chi connectivity index (χ0) is 15.2. The van der Waals surface area contributed by atoms with E-state index >= 15 is 0 Å². The summed E-state index contributed by atoms with van der Waals surface area (Å²) < 4.78 is 0. The van der Waals surface area contributed by atoms with Gasteiger partial charge in [-0.2, -0.15) is 0 Å². The number of benzene rings is 2. The van der Waals surface area contributed by atoms with E-state index in [9.17, 15) is 4.79 Å². The van der Waals surface area contributed by atoms with E-state index in [1.807, 2.05) is 31.2 Å². The van der Waals surface area contributed by atoms with Gasteiger partial charge in [0.1, 0.15) is 0 Å². The Bertz CT molecular complexity index is 623. The van der Waals surface area contributed by atoms with Gasteiger partial charge in [-0.25, -0.2) is 0 Å². The molecule has 3 nitrogen and oxygen atoms in total. The third-order valence-electron chi connectivity index (χ3n) is 3.42. The molecule has 1 amide bonds. The monoisotopic (exact) mass is 302 g/mol. The lowest BCUT2D eigenvalue weighted by Crippen LogP contribution is -2.23. The van der Waals surface area contributed by atoms with Crippen LogP contribution >= 0.6 is 11.6 Å². The highest BCUT2D eigenvalue weighted by atomic mass is 35.5. The van der Waals surface area contributed by atoms with Crippen molar-refractivity contribution < 1.29 is 4.79 Å². The topological polar surface area (TPSA) is 55.1 Å². The quantitative estimate of drug-likeness (QED) is 0.892. The van der Waals surface area contributed by atoms with Crippen LogP contribution in [0, 0.1) is 6.92 Å². The molecule has 0 heterocycles. The van der Waals surface area contributed by atoms with Gasteiger partial charge in [0.05, 0.1) is 0 Å². The molecule has 21 heavy (non-hydrogen) atoms. The molecule has 0 radical (unpaired) electrons. The standard InChI is InChI=1S/C17H19ClN2O/c1-12-15(3-2-4-16(12)18)17(21)20-11-14-7-5-13(6-8-14)9-10-19/h2-8H,9-11,19H2,1H3,(H,20,21). The molecular weight excluding hydrogens is 284 g/mol. The minimum Gasteiger partial charge on any atom is -0.348 e. The van der Waals surface area contributed by atoms with Gasteiger partial charge >= 0.3 is 0 Å². The largest absolute Gasteiger partial charge is 0.348 e. The van der Waals surface area contributed by atoms with Crippen molar-refractivity contribution in [2.24, 2.45) is 5.73 Å². The van der Waals surface area contributed by atoms with Crippen molar-refractivity contribution in [2.75, 3.05) is 6.54 Å². The molecule has 110 valence electrons. The minimum absolute atomic E-state index is 0.110. The second-order valence-electron chi connectivity index (χ2n) is 4.95. The van der Waals surface area contributed by atoms with Gasteiger partial charge < -0.3 is 11.1 Å². The average molecular weight is 303 g/mol. The fourth-order valence-electron chi connectivity index (χ4n) is 2.12. The molecule has 4 heteroatoms. The Hall–Kier alpha value is -1.84. The number of amides is 1. The van der Waals surface area contributed by atoms with Gasteiger partial charge in [0.25, 0.3) is 5.91 Å². The zero-order valence-corrected chi connectivity index (χ0v) is 12.8. The molecular formula is C17H19ClN2O. The van der Waals surface area contributed by atoms with Gasteiger partial charge in [0.15, 0.2) is 0 Å². The highest BCUT2D eigenvalue weighted by Crippen LogP contribution is 2.18. The summed E-state index contributed by atoms with van der Waals surface area (Å²) in [6, 6.07) is 13.4. The van der Waals surface area contributed by atoms with E-state index in [2.05, 4.69) is 5.32 Å². The first-order valence-electron chi connectivity index (χ1n) is 6.93. The molecule has 2 aromatic carbocycles. The van der Waals surface area contributed by atoms with Crippen LogP contribution in [0.3, 0.4) is 0 Å². The molecule has 0 aliphatic carbocycles.